The molecule has 206 valence electrons. The maximum absolute atomic E-state index is 14.1. The SMILES string of the molecule is C=Nc1cncc(C2CC2)c1C(=NCC(/C=C\N)=C/C(=C)Nc1ncc(F)cc1F)N(C)C1CCN(C)CC1. The van der Waals surface area contributed by atoms with Gasteiger partial charge in [0.1, 0.15) is 11.7 Å². The molecule has 2 aromatic rings. The van der Waals surface area contributed by atoms with Gasteiger partial charge in [0.15, 0.2) is 11.6 Å². The molecule has 3 heterocycles. The molecule has 1 aliphatic heterocycles. The number of anilines is 1. The summed E-state index contributed by atoms with van der Waals surface area (Å²) in [5, 5.41) is 2.78. The summed E-state index contributed by atoms with van der Waals surface area (Å²) in [5.41, 5.74) is 9.66. The Bertz CT molecular complexity index is 1290. The molecule has 8 nitrogen and oxygen atoms in total. The predicted octanol–water partition coefficient (Wildman–Crippen LogP) is 4.76. The molecular formula is C29H36F2N8. The van der Waals surface area contributed by atoms with Crippen molar-refractivity contribution in [3.8, 4) is 0 Å². The number of pyridine rings is 2. The average Bonchev–Trinajstić information content (AvgIpc) is 3.76. The normalized spacial score (nSPS) is 17.4. The van der Waals surface area contributed by atoms with Gasteiger partial charge in [-0.3, -0.25) is 15.0 Å². The maximum Gasteiger partial charge on any atom is 0.168 e. The van der Waals surface area contributed by atoms with Crippen molar-refractivity contribution < 1.29 is 8.78 Å². The van der Waals surface area contributed by atoms with E-state index < -0.39 is 11.6 Å². The topological polar surface area (TPSA) is 95.0 Å². The molecule has 3 N–H and O–H groups in total. The highest BCUT2D eigenvalue weighted by molar-refractivity contribution is 6.04. The van der Waals surface area contributed by atoms with E-state index in [-0.39, 0.29) is 12.4 Å². The fourth-order valence-electron chi connectivity index (χ4n) is 4.81. The lowest BCUT2D eigenvalue weighted by molar-refractivity contribution is 0.192. The van der Waals surface area contributed by atoms with Gasteiger partial charge < -0.3 is 20.9 Å². The first-order chi connectivity index (χ1) is 18.8. The van der Waals surface area contributed by atoms with E-state index in [0.29, 0.717) is 23.3 Å². The summed E-state index contributed by atoms with van der Waals surface area (Å²) in [4.78, 5) is 22.2. The van der Waals surface area contributed by atoms with Gasteiger partial charge in [0.05, 0.1) is 24.6 Å². The number of aromatic nitrogens is 2. The summed E-state index contributed by atoms with van der Waals surface area (Å²) in [6, 6.07) is 1.08. The summed E-state index contributed by atoms with van der Waals surface area (Å²) in [7, 11) is 4.23. The highest BCUT2D eigenvalue weighted by atomic mass is 19.1. The van der Waals surface area contributed by atoms with Crippen LogP contribution in [0.4, 0.5) is 20.3 Å². The van der Waals surface area contributed by atoms with Crippen LogP contribution in [0, 0.1) is 11.6 Å². The number of halogens is 2. The van der Waals surface area contributed by atoms with E-state index in [1.54, 1.807) is 18.3 Å². The minimum Gasteiger partial charge on any atom is -0.405 e. The van der Waals surface area contributed by atoms with Crippen LogP contribution < -0.4 is 11.1 Å². The largest absolute Gasteiger partial charge is 0.405 e. The Morgan fingerprint density at radius 1 is 1.23 bits per heavy atom. The molecule has 2 fully saturated rings. The van der Waals surface area contributed by atoms with E-state index in [0.717, 1.165) is 73.6 Å². The van der Waals surface area contributed by atoms with Crippen LogP contribution in [0.25, 0.3) is 0 Å². The molecule has 0 unspecified atom stereocenters. The Kier molecular flexibility index (Phi) is 9.19. The third kappa shape index (κ3) is 7.14. The summed E-state index contributed by atoms with van der Waals surface area (Å²) in [5.74, 6) is -0.414. The van der Waals surface area contributed by atoms with Gasteiger partial charge in [-0.2, -0.15) is 0 Å². The van der Waals surface area contributed by atoms with Crippen molar-refractivity contribution in [2.75, 3.05) is 39.0 Å². The van der Waals surface area contributed by atoms with Crippen LogP contribution in [0.15, 0.2) is 70.8 Å². The minimum absolute atomic E-state index is 0.118. The molecule has 0 aromatic carbocycles. The molecular weight excluding hydrogens is 498 g/mol. The Balaban J connectivity index is 1.67. The number of nitrogens with one attached hydrogen (secondary N) is 1. The molecule has 2 aromatic heterocycles. The highest BCUT2D eigenvalue weighted by Gasteiger charge is 2.32. The van der Waals surface area contributed by atoms with Crippen LogP contribution in [0.1, 0.15) is 42.7 Å². The number of rotatable bonds is 10. The van der Waals surface area contributed by atoms with Crippen LogP contribution in [0.3, 0.4) is 0 Å². The van der Waals surface area contributed by atoms with Crippen molar-refractivity contribution >= 4 is 24.1 Å². The number of hydrogen-bond donors (Lipinski definition) is 2. The first-order valence-corrected chi connectivity index (χ1v) is 13.1. The minimum atomic E-state index is -0.810. The fourth-order valence-corrected chi connectivity index (χ4v) is 4.81. The standard InChI is InChI=1S/C29H36F2N8/c1-19(37-28-25(31)14-22(30)16-35-28)13-20(7-10-32)15-36-29(39(4)23-8-11-38(3)12-9-23)27-24(21-5-6-21)17-34-18-26(27)33-2/h7,10,13-14,16-18,21,23H,1-2,5-6,8-9,11-12,15,32H2,3-4H3,(H,35,37)/b10-7-,20-13+,36-29?. The van der Waals surface area contributed by atoms with E-state index in [1.807, 2.05) is 6.20 Å². The van der Waals surface area contributed by atoms with Crippen LogP contribution >= 0.6 is 0 Å². The Morgan fingerprint density at radius 3 is 2.62 bits per heavy atom. The Hall–Kier alpha value is -3.92. The fraction of sp³-hybridized carbons (Fsp3) is 0.379. The quantitative estimate of drug-likeness (QED) is 0.259. The second-order valence-corrected chi connectivity index (χ2v) is 10.1. The predicted molar refractivity (Wildman–Crippen MR) is 153 cm³/mol. The second-order valence-electron chi connectivity index (χ2n) is 10.1. The number of nitrogens with zero attached hydrogens (tertiary/aromatic N) is 6. The van der Waals surface area contributed by atoms with Crippen molar-refractivity contribution in [1.82, 2.24) is 19.8 Å². The third-order valence-electron chi connectivity index (χ3n) is 7.10. The summed E-state index contributed by atoms with van der Waals surface area (Å²) < 4.78 is 27.3. The van der Waals surface area contributed by atoms with Gasteiger partial charge in [-0.15, -0.1) is 0 Å². The van der Waals surface area contributed by atoms with Gasteiger partial charge in [-0.25, -0.2) is 13.8 Å². The zero-order valence-electron chi connectivity index (χ0n) is 22.6. The second kappa shape index (κ2) is 12.8. The van der Waals surface area contributed by atoms with Crippen LogP contribution in [-0.2, 0) is 0 Å². The van der Waals surface area contributed by atoms with Gasteiger partial charge in [-0.1, -0.05) is 6.58 Å². The number of nitrogens with two attached hydrogens (primary N) is 1. The number of amidine groups is 1. The van der Waals surface area contributed by atoms with Crippen molar-refractivity contribution in [2.24, 2.45) is 15.7 Å². The molecule has 0 amide bonds. The van der Waals surface area contributed by atoms with E-state index in [1.165, 1.54) is 6.20 Å². The zero-order chi connectivity index (χ0) is 27.9. The molecule has 0 spiro atoms. The van der Waals surface area contributed by atoms with Crippen molar-refractivity contribution in [3.05, 3.63) is 83.6 Å². The van der Waals surface area contributed by atoms with Gasteiger partial charge >= 0.3 is 0 Å². The molecule has 0 atom stereocenters. The molecule has 0 radical (unpaired) electrons. The summed E-state index contributed by atoms with van der Waals surface area (Å²) >= 11 is 0. The van der Waals surface area contributed by atoms with E-state index in [9.17, 15) is 8.78 Å². The molecule has 1 aliphatic carbocycles. The number of piperidine rings is 1. The Labute approximate surface area is 228 Å². The van der Waals surface area contributed by atoms with Crippen molar-refractivity contribution in [2.45, 2.75) is 37.6 Å². The first kappa shape index (κ1) is 28.1. The molecule has 10 heteroatoms. The Morgan fingerprint density at radius 2 is 1.97 bits per heavy atom. The van der Waals surface area contributed by atoms with E-state index >= 15 is 0 Å². The molecule has 0 bridgehead atoms. The lowest BCUT2D eigenvalue weighted by Crippen LogP contribution is -2.45. The summed E-state index contributed by atoms with van der Waals surface area (Å²) in [6.07, 6.45) is 13.7. The van der Waals surface area contributed by atoms with Crippen LogP contribution in [0.2, 0.25) is 0 Å². The van der Waals surface area contributed by atoms with Gasteiger partial charge in [0.2, 0.25) is 0 Å². The van der Waals surface area contributed by atoms with Gasteiger partial charge in [-0.05, 0) is 87.9 Å². The monoisotopic (exact) mass is 534 g/mol. The average molecular weight is 535 g/mol. The highest BCUT2D eigenvalue weighted by Crippen LogP contribution is 2.44. The lowest BCUT2D eigenvalue weighted by Gasteiger charge is -2.37. The van der Waals surface area contributed by atoms with Crippen molar-refractivity contribution in [3.63, 3.8) is 0 Å². The zero-order valence-corrected chi connectivity index (χ0v) is 22.6. The molecule has 4 rings (SSSR count). The molecule has 1 saturated carbocycles. The van der Waals surface area contributed by atoms with E-state index in [4.69, 9.17) is 10.7 Å². The molecule has 2 aliphatic rings. The van der Waals surface area contributed by atoms with E-state index in [2.05, 4.69) is 57.5 Å². The number of hydrogen-bond acceptors (Lipinski definition) is 7. The van der Waals surface area contributed by atoms with Crippen LogP contribution in [0.5, 0.6) is 0 Å². The lowest BCUT2D eigenvalue weighted by atomic mass is 9.99. The third-order valence-corrected chi connectivity index (χ3v) is 7.10. The van der Waals surface area contributed by atoms with Gasteiger partial charge in [0, 0.05) is 36.6 Å². The molecule has 39 heavy (non-hydrogen) atoms. The number of aliphatic imine (C=N–C) groups is 2. The number of allylic oxidation sites excluding steroid dienone is 1. The van der Waals surface area contributed by atoms with Crippen LogP contribution in [-0.4, -0.2) is 72.1 Å². The van der Waals surface area contributed by atoms with Gasteiger partial charge in [0.25, 0.3) is 0 Å². The molecule has 1 saturated heterocycles. The maximum atomic E-state index is 14.1. The smallest absolute Gasteiger partial charge is 0.168 e. The summed E-state index contributed by atoms with van der Waals surface area (Å²) in [6.45, 7) is 10.1. The first-order valence-electron chi connectivity index (χ1n) is 13.1. The van der Waals surface area contributed by atoms with Crippen molar-refractivity contribution in [1.29, 1.82) is 0 Å². The number of likely N-dealkylation sites (tertiary alicyclic amines) is 1.